The first-order chi connectivity index (χ1) is 6.02. The molecule has 4 nitrogen and oxygen atoms in total. The number of hydrogen-bond acceptors (Lipinski definition) is 3. The third kappa shape index (κ3) is 3.63. The lowest BCUT2D eigenvalue weighted by Gasteiger charge is -2.08. The van der Waals surface area contributed by atoms with E-state index in [9.17, 15) is 8.42 Å². The van der Waals surface area contributed by atoms with Crippen LogP contribution < -0.4 is 10.5 Å². The molecule has 0 radical (unpaired) electrons. The second-order valence-electron chi connectivity index (χ2n) is 2.72. The van der Waals surface area contributed by atoms with Gasteiger partial charge < -0.3 is 5.73 Å². The normalized spacial score (nSPS) is 13.0. The molecule has 14 heavy (non-hydrogen) atoms. The maximum absolute atomic E-state index is 11.5. The van der Waals surface area contributed by atoms with Gasteiger partial charge in [-0.05, 0) is 19.1 Å². The van der Waals surface area contributed by atoms with E-state index in [4.69, 9.17) is 5.73 Å². The molecule has 0 saturated heterocycles. The number of hydrogen-bond donors (Lipinski definition) is 2. The summed E-state index contributed by atoms with van der Waals surface area (Å²) in [5.74, 6) is 0. The lowest BCUT2D eigenvalue weighted by Crippen LogP contribution is -2.38. The highest BCUT2D eigenvalue weighted by Gasteiger charge is 2.13. The van der Waals surface area contributed by atoms with Crippen molar-refractivity contribution in [2.75, 3.05) is 0 Å². The highest BCUT2D eigenvalue weighted by molar-refractivity contribution is 7.89. The maximum Gasteiger partial charge on any atom is 0.241 e. The molecular formula is C8H13ClN2O2S. The molecule has 1 unspecified atom stereocenters. The van der Waals surface area contributed by atoms with Crippen molar-refractivity contribution in [3.63, 3.8) is 0 Å². The monoisotopic (exact) mass is 236 g/mol. The molecule has 0 amide bonds. The van der Waals surface area contributed by atoms with Gasteiger partial charge in [0.2, 0.25) is 10.0 Å². The van der Waals surface area contributed by atoms with Gasteiger partial charge in [-0.1, -0.05) is 18.2 Å². The van der Waals surface area contributed by atoms with Crippen LogP contribution in [0.4, 0.5) is 0 Å². The van der Waals surface area contributed by atoms with E-state index in [1.165, 1.54) is 12.1 Å². The molecule has 0 aromatic heterocycles. The molecule has 1 rings (SSSR count). The van der Waals surface area contributed by atoms with E-state index in [1.807, 2.05) is 0 Å². The zero-order valence-corrected chi connectivity index (χ0v) is 9.31. The molecule has 0 aliphatic heterocycles. The Hall–Kier alpha value is -0.620. The Morgan fingerprint density at radius 1 is 1.29 bits per heavy atom. The van der Waals surface area contributed by atoms with Gasteiger partial charge in [0.1, 0.15) is 0 Å². The third-order valence-corrected chi connectivity index (χ3v) is 2.97. The van der Waals surface area contributed by atoms with Crippen molar-refractivity contribution in [2.24, 2.45) is 5.73 Å². The summed E-state index contributed by atoms with van der Waals surface area (Å²) >= 11 is 0. The van der Waals surface area contributed by atoms with Gasteiger partial charge in [0.25, 0.3) is 0 Å². The minimum absolute atomic E-state index is 0. The van der Waals surface area contributed by atoms with E-state index < -0.39 is 16.2 Å². The highest BCUT2D eigenvalue weighted by atomic mass is 35.5. The Balaban J connectivity index is 0.00000169. The van der Waals surface area contributed by atoms with Crippen LogP contribution in [-0.2, 0) is 10.0 Å². The van der Waals surface area contributed by atoms with Crippen LogP contribution in [0.15, 0.2) is 35.2 Å². The molecule has 0 fully saturated rings. The average Bonchev–Trinajstić information content (AvgIpc) is 2.04. The summed E-state index contributed by atoms with van der Waals surface area (Å²) in [6, 6.07) is 8.12. The van der Waals surface area contributed by atoms with Crippen LogP contribution in [0.25, 0.3) is 0 Å². The Kier molecular flexibility index (Phi) is 5.07. The van der Waals surface area contributed by atoms with Gasteiger partial charge in [0.15, 0.2) is 0 Å². The predicted octanol–water partition coefficient (Wildman–Crippen LogP) is 0.691. The Labute approximate surface area is 90.0 Å². The molecule has 80 valence electrons. The minimum atomic E-state index is -3.43. The van der Waals surface area contributed by atoms with E-state index in [2.05, 4.69) is 4.72 Å². The Morgan fingerprint density at radius 3 is 2.21 bits per heavy atom. The van der Waals surface area contributed by atoms with E-state index >= 15 is 0 Å². The standard InChI is InChI=1S/C8H12N2O2S.ClH/c1-7(9)10-13(11,12)8-5-3-2-4-6-8;/h2-7,10H,9H2,1H3;1H. The summed E-state index contributed by atoms with van der Waals surface area (Å²) in [7, 11) is -3.43. The number of benzene rings is 1. The zero-order valence-electron chi connectivity index (χ0n) is 7.67. The number of nitrogens with two attached hydrogens (primary N) is 1. The quantitative estimate of drug-likeness (QED) is 0.759. The second kappa shape index (κ2) is 5.31. The molecule has 0 aliphatic carbocycles. The van der Waals surface area contributed by atoms with Gasteiger partial charge in [0, 0.05) is 0 Å². The zero-order chi connectivity index (χ0) is 9.90. The van der Waals surface area contributed by atoms with Crippen molar-refractivity contribution in [2.45, 2.75) is 18.0 Å². The number of halogens is 1. The van der Waals surface area contributed by atoms with Crippen molar-refractivity contribution < 1.29 is 8.42 Å². The van der Waals surface area contributed by atoms with Crippen LogP contribution >= 0.6 is 12.4 Å². The predicted molar refractivity (Wildman–Crippen MR) is 57.7 cm³/mol. The minimum Gasteiger partial charge on any atom is -0.315 e. The van der Waals surface area contributed by atoms with Gasteiger partial charge in [-0.25, -0.2) is 8.42 Å². The topological polar surface area (TPSA) is 72.2 Å². The molecule has 0 bridgehead atoms. The van der Waals surface area contributed by atoms with Crippen LogP contribution in [0, 0.1) is 0 Å². The van der Waals surface area contributed by atoms with Crippen LogP contribution in [0.3, 0.4) is 0 Å². The molecule has 1 aromatic carbocycles. The second-order valence-corrected chi connectivity index (χ2v) is 4.44. The summed E-state index contributed by atoms with van der Waals surface area (Å²) < 4.78 is 25.2. The van der Waals surface area contributed by atoms with Crippen molar-refractivity contribution in [3.8, 4) is 0 Å². The Morgan fingerprint density at radius 2 is 1.79 bits per heavy atom. The first kappa shape index (κ1) is 13.4. The smallest absolute Gasteiger partial charge is 0.241 e. The van der Waals surface area contributed by atoms with E-state index in [-0.39, 0.29) is 17.3 Å². The van der Waals surface area contributed by atoms with Crippen LogP contribution in [0.2, 0.25) is 0 Å². The van der Waals surface area contributed by atoms with Crippen LogP contribution in [0.1, 0.15) is 6.92 Å². The van der Waals surface area contributed by atoms with Gasteiger partial charge in [0.05, 0.1) is 11.1 Å². The Bertz CT molecular complexity index is 364. The third-order valence-electron chi connectivity index (χ3n) is 1.39. The molecular weight excluding hydrogens is 224 g/mol. The molecule has 1 atom stereocenters. The highest BCUT2D eigenvalue weighted by Crippen LogP contribution is 2.06. The fraction of sp³-hybridized carbons (Fsp3) is 0.250. The fourth-order valence-corrected chi connectivity index (χ4v) is 2.05. The van der Waals surface area contributed by atoms with Gasteiger partial charge in [-0.15, -0.1) is 12.4 Å². The largest absolute Gasteiger partial charge is 0.315 e. The van der Waals surface area contributed by atoms with E-state index in [0.717, 1.165) is 0 Å². The number of sulfonamides is 1. The lowest BCUT2D eigenvalue weighted by molar-refractivity contribution is 0.565. The molecule has 3 N–H and O–H groups in total. The van der Waals surface area contributed by atoms with Crippen LogP contribution in [-0.4, -0.2) is 14.6 Å². The lowest BCUT2D eigenvalue weighted by atomic mass is 10.4. The molecule has 1 aromatic rings. The summed E-state index contributed by atoms with van der Waals surface area (Å²) in [5, 5.41) is 0. The molecule has 0 spiro atoms. The molecule has 0 heterocycles. The van der Waals surface area contributed by atoms with Crippen molar-refractivity contribution >= 4 is 22.4 Å². The molecule has 0 aliphatic rings. The van der Waals surface area contributed by atoms with E-state index in [1.54, 1.807) is 25.1 Å². The number of rotatable bonds is 3. The first-order valence-electron chi connectivity index (χ1n) is 3.85. The summed E-state index contributed by atoms with van der Waals surface area (Å²) in [6.45, 7) is 1.57. The average molecular weight is 237 g/mol. The first-order valence-corrected chi connectivity index (χ1v) is 5.33. The van der Waals surface area contributed by atoms with Gasteiger partial charge in [-0.3, -0.25) is 0 Å². The molecule has 6 heteroatoms. The summed E-state index contributed by atoms with van der Waals surface area (Å²) in [5.41, 5.74) is 5.33. The number of nitrogens with one attached hydrogen (secondary N) is 1. The van der Waals surface area contributed by atoms with E-state index in [0.29, 0.717) is 0 Å². The van der Waals surface area contributed by atoms with Crippen molar-refractivity contribution in [1.82, 2.24) is 4.72 Å². The maximum atomic E-state index is 11.5. The van der Waals surface area contributed by atoms with Crippen LogP contribution in [0.5, 0.6) is 0 Å². The SMILES string of the molecule is CC(N)NS(=O)(=O)c1ccccc1.Cl. The van der Waals surface area contributed by atoms with Crippen molar-refractivity contribution in [1.29, 1.82) is 0 Å². The summed E-state index contributed by atoms with van der Waals surface area (Å²) in [4.78, 5) is 0.229. The fourth-order valence-electron chi connectivity index (χ4n) is 0.912. The van der Waals surface area contributed by atoms with Gasteiger partial charge in [-0.2, -0.15) is 4.72 Å². The van der Waals surface area contributed by atoms with Crippen molar-refractivity contribution in [3.05, 3.63) is 30.3 Å². The van der Waals surface area contributed by atoms with Gasteiger partial charge >= 0.3 is 0 Å². The molecule has 0 saturated carbocycles. The summed E-state index contributed by atoms with van der Waals surface area (Å²) in [6.07, 6.45) is -0.579.